The molecule has 3 aliphatic rings. The average molecular weight is 751 g/mol. The highest BCUT2D eigenvalue weighted by Gasteiger charge is 2.58. The number of nitrogens with two attached hydrogens (primary N) is 2. The molecule has 1 amide bonds. The molecule has 0 spiro atoms. The summed E-state index contributed by atoms with van der Waals surface area (Å²) in [4.78, 5) is 48.7. The minimum absolute atomic E-state index is 0.0133. The number of hydrogen-bond donors (Lipinski definition) is 6. The summed E-state index contributed by atoms with van der Waals surface area (Å²) >= 11 is 0.998. The summed E-state index contributed by atoms with van der Waals surface area (Å²) in [5, 5.41) is 29.5. The van der Waals surface area contributed by atoms with Gasteiger partial charge in [-0.25, -0.2) is 9.78 Å². The Morgan fingerprint density at radius 1 is 1.33 bits per heavy atom. The number of nitrogen functional groups attached to an aromatic ring is 1. The molecule has 0 radical (unpaired) electrons. The van der Waals surface area contributed by atoms with Crippen LogP contribution in [0, 0.1) is 5.92 Å². The maximum Gasteiger partial charge on any atom is 0.418 e. The van der Waals surface area contributed by atoms with Gasteiger partial charge in [0.15, 0.2) is 22.7 Å². The number of rotatable bonds is 15. The third kappa shape index (κ3) is 8.34. The molecule has 3 aliphatic heterocycles. The van der Waals surface area contributed by atoms with E-state index in [1.54, 1.807) is 6.07 Å². The number of fused-ring (bicyclic) bond motifs is 1. The average Bonchev–Trinajstić information content (AvgIpc) is 3.52. The Balaban J connectivity index is 1.30. The van der Waals surface area contributed by atoms with E-state index in [-0.39, 0.29) is 29.7 Å². The molecule has 1 aromatic heterocycles. The second-order valence-corrected chi connectivity index (χ2v) is 15.4. The van der Waals surface area contributed by atoms with Crippen molar-refractivity contribution < 1.29 is 51.4 Å². The number of anilines is 1. The number of Topliss-reactive ketones (excluding diaryl/α,β-unsaturated/α-hetero) is 1. The van der Waals surface area contributed by atoms with E-state index in [2.05, 4.69) is 31.9 Å². The number of hydrogen-bond acceptors (Lipinski definition) is 15. The van der Waals surface area contributed by atoms with Gasteiger partial charge in [-0.05, 0) is 70.1 Å². The maximum absolute atomic E-state index is 13.6. The first kappa shape index (κ1) is 38.1. The van der Waals surface area contributed by atoms with Crippen molar-refractivity contribution in [3.05, 3.63) is 52.2 Å². The molecule has 19 heteroatoms. The summed E-state index contributed by atoms with van der Waals surface area (Å²) in [6, 6.07) is 5.80. The van der Waals surface area contributed by atoms with Gasteiger partial charge in [-0.1, -0.05) is 23.4 Å². The van der Waals surface area contributed by atoms with Gasteiger partial charge in [-0.3, -0.25) is 14.1 Å². The molecular weight excluding hydrogens is 709 g/mol. The number of thiazole rings is 1. The summed E-state index contributed by atoms with van der Waals surface area (Å²) in [5.41, 5.74) is 10.6. The fourth-order valence-electron chi connectivity index (χ4n) is 6.29. The maximum atomic E-state index is 13.6. The Bertz CT molecular complexity index is 1850. The highest BCUT2D eigenvalue weighted by molar-refractivity contribution is 7.80. The number of ketones is 1. The number of aliphatic hydroxyl groups excluding tert-OH is 1. The van der Waals surface area contributed by atoms with Gasteiger partial charge in [0.05, 0.1) is 17.6 Å². The number of benzene rings is 1. The van der Waals surface area contributed by atoms with Gasteiger partial charge in [0, 0.05) is 36.5 Å². The van der Waals surface area contributed by atoms with E-state index in [1.165, 1.54) is 26.2 Å². The second kappa shape index (κ2) is 14.8. The lowest BCUT2D eigenvalue weighted by molar-refractivity contribution is -0.228. The molecule has 0 aliphatic carbocycles. The fraction of sp³-hybridized carbons (Fsp3) is 0.531. The van der Waals surface area contributed by atoms with Gasteiger partial charge in [-0.2, -0.15) is 13.5 Å². The number of oxime groups is 1. The number of carbonyl (C=O) groups excluding carboxylic acids is 2. The predicted molar refractivity (Wildman–Crippen MR) is 184 cm³/mol. The van der Waals surface area contributed by atoms with Crippen LogP contribution in [0.3, 0.4) is 0 Å². The van der Waals surface area contributed by atoms with Crippen molar-refractivity contribution in [3.63, 3.8) is 0 Å². The largest absolute Gasteiger partial charge is 0.485 e. The normalized spacial score (nSPS) is 23.5. The SMILES string of the molecule is CC1(C)[C@H](CC(=O)/C(=N\O[C@](C)(C(=O)O)[C@H]2CCc3cc(C4CC=C(CC[C@@H](O)CN)NC4)ccc3O2)c2csc(N)n2)C(=O)N1OS(=O)(=O)O. The number of carboxylic acids is 1. The Hall–Kier alpha value is -4.14. The minimum Gasteiger partial charge on any atom is -0.485 e. The van der Waals surface area contributed by atoms with Gasteiger partial charge in [-0.15, -0.1) is 15.6 Å². The van der Waals surface area contributed by atoms with E-state index in [0.717, 1.165) is 47.5 Å². The van der Waals surface area contributed by atoms with Crippen molar-refractivity contribution in [1.29, 1.82) is 0 Å². The number of carbonyl (C=O) groups is 3. The van der Waals surface area contributed by atoms with Crippen molar-refractivity contribution in [2.45, 2.75) is 88.6 Å². The topological polar surface area (TPSA) is 266 Å². The molecule has 1 unspecified atom stereocenters. The van der Waals surface area contributed by atoms with Crippen molar-refractivity contribution in [2.75, 3.05) is 18.8 Å². The van der Waals surface area contributed by atoms with Crippen LogP contribution in [0.5, 0.6) is 5.75 Å². The van der Waals surface area contributed by atoms with Crippen LogP contribution in [-0.4, -0.2) is 93.0 Å². The van der Waals surface area contributed by atoms with E-state index in [1.807, 2.05) is 6.07 Å². The summed E-state index contributed by atoms with van der Waals surface area (Å²) in [7, 11) is -5.00. The molecule has 0 bridgehead atoms. The zero-order valence-electron chi connectivity index (χ0n) is 28.3. The minimum atomic E-state index is -5.00. The first-order valence-corrected chi connectivity index (χ1v) is 18.5. The van der Waals surface area contributed by atoms with Crippen molar-refractivity contribution >= 4 is 50.2 Å². The number of nitrogens with zero attached hydrogens (tertiary/aromatic N) is 3. The highest BCUT2D eigenvalue weighted by Crippen LogP contribution is 2.41. The predicted octanol–water partition coefficient (Wildman–Crippen LogP) is 1.67. The van der Waals surface area contributed by atoms with Crippen LogP contribution in [-0.2, 0) is 40.3 Å². The molecule has 278 valence electrons. The van der Waals surface area contributed by atoms with Crippen molar-refractivity contribution in [1.82, 2.24) is 15.4 Å². The third-order valence-corrected chi connectivity index (χ3v) is 10.6. The molecule has 2 aromatic rings. The van der Waals surface area contributed by atoms with Gasteiger partial charge in [0.1, 0.15) is 11.4 Å². The number of amides is 1. The molecule has 1 saturated heterocycles. The Labute approximate surface area is 298 Å². The van der Waals surface area contributed by atoms with Gasteiger partial charge >= 0.3 is 16.4 Å². The lowest BCUT2D eigenvalue weighted by atomic mass is 9.74. The molecule has 5 rings (SSSR count). The van der Waals surface area contributed by atoms with E-state index >= 15 is 0 Å². The zero-order chi connectivity index (χ0) is 37.3. The quantitative estimate of drug-likeness (QED) is 0.0654. The van der Waals surface area contributed by atoms with E-state index in [9.17, 15) is 33.0 Å². The molecule has 0 saturated carbocycles. The molecule has 1 aromatic carbocycles. The Morgan fingerprint density at radius 3 is 2.67 bits per heavy atom. The molecule has 4 heterocycles. The number of aliphatic carboxylic acids is 1. The Kier molecular flexibility index (Phi) is 11.1. The lowest BCUT2D eigenvalue weighted by Gasteiger charge is -2.50. The Morgan fingerprint density at radius 2 is 2.08 bits per heavy atom. The molecule has 1 fully saturated rings. The number of hydroxylamine groups is 2. The van der Waals surface area contributed by atoms with Gasteiger partial charge < -0.3 is 36.6 Å². The molecule has 51 heavy (non-hydrogen) atoms. The first-order chi connectivity index (χ1) is 23.9. The summed E-state index contributed by atoms with van der Waals surface area (Å²) in [5.74, 6) is -3.41. The second-order valence-electron chi connectivity index (χ2n) is 13.5. The number of β-lactam (4-membered cyclic amide) rings is 1. The number of nitrogens with one attached hydrogen (secondary N) is 1. The van der Waals surface area contributed by atoms with Crippen LogP contribution in [0.25, 0.3) is 0 Å². The van der Waals surface area contributed by atoms with Crippen molar-refractivity contribution in [3.8, 4) is 5.75 Å². The summed E-state index contributed by atoms with van der Waals surface area (Å²) in [6.07, 6.45) is 2.97. The van der Waals surface area contributed by atoms with Crippen LogP contribution in [0.1, 0.15) is 75.6 Å². The zero-order valence-corrected chi connectivity index (χ0v) is 29.9. The van der Waals surface area contributed by atoms with E-state index in [4.69, 9.17) is 25.6 Å². The van der Waals surface area contributed by atoms with Crippen molar-refractivity contribution in [2.24, 2.45) is 16.8 Å². The monoisotopic (exact) mass is 750 g/mol. The summed E-state index contributed by atoms with van der Waals surface area (Å²) in [6.45, 7) is 5.11. The molecular formula is C32H42N6O11S2. The molecule has 5 atom stereocenters. The smallest absolute Gasteiger partial charge is 0.418 e. The number of allylic oxidation sites excluding steroid dienone is 2. The third-order valence-electron chi connectivity index (χ3n) is 9.57. The highest BCUT2D eigenvalue weighted by atomic mass is 32.3. The van der Waals surface area contributed by atoms with Crippen LogP contribution in [0.4, 0.5) is 5.13 Å². The van der Waals surface area contributed by atoms with Gasteiger partial charge in [0.2, 0.25) is 0 Å². The molecule has 17 nitrogen and oxygen atoms in total. The number of aliphatic hydroxyl groups is 1. The first-order valence-electron chi connectivity index (χ1n) is 16.3. The summed E-state index contributed by atoms with van der Waals surface area (Å²) < 4.78 is 42.0. The fourth-order valence-corrected chi connectivity index (χ4v) is 7.29. The van der Waals surface area contributed by atoms with Crippen LogP contribution < -0.4 is 21.5 Å². The van der Waals surface area contributed by atoms with Crippen LogP contribution in [0.15, 0.2) is 40.5 Å². The number of aryl methyl sites for hydroxylation is 1. The number of carboxylic acid groups (broad SMARTS) is 1. The van der Waals surface area contributed by atoms with Gasteiger partial charge in [0.25, 0.3) is 11.5 Å². The number of ether oxygens (including phenoxy) is 1. The van der Waals surface area contributed by atoms with E-state index in [0.29, 0.717) is 23.7 Å². The van der Waals surface area contributed by atoms with E-state index < -0.39 is 69.5 Å². The van der Waals surface area contributed by atoms with Crippen LogP contribution in [0.2, 0.25) is 0 Å². The van der Waals surface area contributed by atoms with Crippen LogP contribution >= 0.6 is 11.3 Å². The molecule has 8 N–H and O–H groups in total. The standard InChI is InChI=1S/C32H42N6O11S2/c1-31(2)22(28(41)38(31)49-51(44,45)46)13-24(40)27(23-16-50-30(34)36-23)37-48-32(3,29(42)43)26-11-6-18-12-17(5-10-25(18)47-26)19-4-7-20(35-15-19)8-9-21(39)14-33/h5,7,10,12,16,19,21-22,26,35,39H,4,6,8-9,11,13-15,33H2,1-3H3,(H2,34,36)(H,42,43)(H,44,45,46)/b37-27-/t19?,21-,22-,26-,32+/m1/s1. The lowest BCUT2D eigenvalue weighted by Crippen LogP contribution is -2.68. The number of aromatic nitrogens is 1.